The number of nitrogens with zero attached hydrogens (tertiary/aromatic N) is 2. The molecule has 2 rings (SSSR count). The van der Waals surface area contributed by atoms with Crippen molar-refractivity contribution in [2.75, 3.05) is 13.7 Å². The van der Waals surface area contributed by atoms with Crippen LogP contribution in [-0.2, 0) is 9.47 Å². The molecule has 0 aliphatic heterocycles. The number of hydrogen-bond donors (Lipinski definition) is 0. The van der Waals surface area contributed by atoms with Gasteiger partial charge in [-0.15, -0.1) is 0 Å². The Kier molecular flexibility index (Phi) is 4.36. The van der Waals surface area contributed by atoms with Crippen LogP contribution >= 0.6 is 0 Å². The summed E-state index contributed by atoms with van der Waals surface area (Å²) in [5, 5.41) is 4.27. The maximum absolute atomic E-state index is 11.6. The van der Waals surface area contributed by atoms with Crippen LogP contribution in [0.1, 0.15) is 49.0 Å². The Bertz CT molecular complexity index is 403. The third kappa shape index (κ3) is 2.90. The molecule has 1 heterocycles. The van der Waals surface area contributed by atoms with Crippen molar-refractivity contribution in [3.63, 3.8) is 0 Å². The quantitative estimate of drug-likeness (QED) is 0.771. The van der Waals surface area contributed by atoms with Crippen LogP contribution in [0.5, 0.6) is 0 Å². The SMILES string of the molecule is CCOC(=O)c1cnn(C2CCCC(OC)C2)c1. The molecule has 100 valence electrons. The molecule has 1 aromatic heterocycles. The second kappa shape index (κ2) is 6.00. The first-order valence-electron chi connectivity index (χ1n) is 6.48. The standard InChI is InChI=1S/C13H20N2O3/c1-3-18-13(16)10-8-14-15(9-10)11-5-4-6-12(7-11)17-2/h8-9,11-12H,3-7H2,1-2H3. The number of ether oxygens (including phenoxy) is 2. The monoisotopic (exact) mass is 252 g/mol. The smallest absolute Gasteiger partial charge is 0.341 e. The molecule has 5 heteroatoms. The maximum atomic E-state index is 11.6. The van der Waals surface area contributed by atoms with E-state index in [1.165, 1.54) is 0 Å². The van der Waals surface area contributed by atoms with E-state index in [9.17, 15) is 4.79 Å². The molecule has 0 N–H and O–H groups in total. The van der Waals surface area contributed by atoms with Gasteiger partial charge < -0.3 is 9.47 Å². The minimum absolute atomic E-state index is 0.303. The lowest BCUT2D eigenvalue weighted by atomic mass is 9.93. The summed E-state index contributed by atoms with van der Waals surface area (Å²) in [5.41, 5.74) is 0.524. The molecule has 1 aromatic rings. The molecule has 1 aliphatic carbocycles. The van der Waals surface area contributed by atoms with E-state index >= 15 is 0 Å². The van der Waals surface area contributed by atoms with Crippen molar-refractivity contribution >= 4 is 5.97 Å². The number of carbonyl (C=O) groups excluding carboxylic acids is 1. The summed E-state index contributed by atoms with van der Waals surface area (Å²) in [6, 6.07) is 0.326. The number of methoxy groups -OCH3 is 1. The van der Waals surface area contributed by atoms with E-state index in [4.69, 9.17) is 9.47 Å². The molecule has 0 aromatic carbocycles. The Balaban J connectivity index is 2.03. The summed E-state index contributed by atoms with van der Waals surface area (Å²) in [7, 11) is 1.75. The molecule has 0 spiro atoms. The van der Waals surface area contributed by atoms with Gasteiger partial charge in [0.25, 0.3) is 0 Å². The van der Waals surface area contributed by atoms with Crippen molar-refractivity contribution in [2.45, 2.75) is 44.8 Å². The fourth-order valence-electron chi connectivity index (χ4n) is 2.43. The highest BCUT2D eigenvalue weighted by molar-refractivity contribution is 5.88. The van der Waals surface area contributed by atoms with Crippen molar-refractivity contribution in [2.24, 2.45) is 0 Å². The summed E-state index contributed by atoms with van der Waals surface area (Å²) >= 11 is 0. The normalized spacial score (nSPS) is 23.9. The molecular weight excluding hydrogens is 232 g/mol. The molecule has 1 fully saturated rings. The van der Waals surface area contributed by atoms with Crippen molar-refractivity contribution in [1.29, 1.82) is 0 Å². The molecule has 0 amide bonds. The van der Waals surface area contributed by atoms with Gasteiger partial charge in [0.15, 0.2) is 0 Å². The summed E-state index contributed by atoms with van der Waals surface area (Å²) < 4.78 is 12.2. The highest BCUT2D eigenvalue weighted by atomic mass is 16.5. The van der Waals surface area contributed by atoms with Gasteiger partial charge in [-0.3, -0.25) is 4.68 Å². The fourth-order valence-corrected chi connectivity index (χ4v) is 2.43. The molecule has 1 aliphatic rings. The van der Waals surface area contributed by atoms with Crippen LogP contribution in [0.2, 0.25) is 0 Å². The molecule has 5 nitrogen and oxygen atoms in total. The minimum atomic E-state index is -0.303. The van der Waals surface area contributed by atoms with Crippen LogP contribution in [0.4, 0.5) is 0 Å². The highest BCUT2D eigenvalue weighted by Gasteiger charge is 2.24. The van der Waals surface area contributed by atoms with Crippen molar-refractivity contribution < 1.29 is 14.3 Å². The van der Waals surface area contributed by atoms with Gasteiger partial charge in [-0.25, -0.2) is 4.79 Å². The topological polar surface area (TPSA) is 53.3 Å². The molecule has 0 bridgehead atoms. The van der Waals surface area contributed by atoms with E-state index in [0.29, 0.717) is 24.3 Å². The second-order valence-electron chi connectivity index (χ2n) is 4.61. The van der Waals surface area contributed by atoms with Gasteiger partial charge in [-0.2, -0.15) is 5.10 Å². The molecule has 2 atom stereocenters. The predicted octanol–water partition coefficient (Wildman–Crippen LogP) is 2.19. The lowest BCUT2D eigenvalue weighted by Crippen LogP contribution is -2.24. The van der Waals surface area contributed by atoms with Crippen LogP contribution < -0.4 is 0 Å². The van der Waals surface area contributed by atoms with Crippen LogP contribution in [0.3, 0.4) is 0 Å². The van der Waals surface area contributed by atoms with E-state index in [1.54, 1.807) is 26.4 Å². The zero-order valence-corrected chi connectivity index (χ0v) is 11.0. The predicted molar refractivity (Wildman–Crippen MR) is 66.5 cm³/mol. The van der Waals surface area contributed by atoms with E-state index < -0.39 is 0 Å². The summed E-state index contributed by atoms with van der Waals surface area (Å²) in [6.45, 7) is 2.19. The van der Waals surface area contributed by atoms with Crippen molar-refractivity contribution in [1.82, 2.24) is 9.78 Å². The third-order valence-corrected chi connectivity index (χ3v) is 3.42. The van der Waals surface area contributed by atoms with Crippen molar-refractivity contribution in [3.8, 4) is 0 Å². The van der Waals surface area contributed by atoms with E-state index in [0.717, 1.165) is 25.7 Å². The number of aromatic nitrogens is 2. The van der Waals surface area contributed by atoms with E-state index in [2.05, 4.69) is 5.10 Å². The third-order valence-electron chi connectivity index (χ3n) is 3.42. The molecule has 2 unspecified atom stereocenters. The average molecular weight is 252 g/mol. The minimum Gasteiger partial charge on any atom is -0.462 e. The number of esters is 1. The largest absolute Gasteiger partial charge is 0.462 e. The molecule has 18 heavy (non-hydrogen) atoms. The van der Waals surface area contributed by atoms with Crippen LogP contribution in [-0.4, -0.2) is 35.6 Å². The lowest BCUT2D eigenvalue weighted by molar-refractivity contribution is 0.0504. The Hall–Kier alpha value is -1.36. The molecule has 0 radical (unpaired) electrons. The van der Waals surface area contributed by atoms with Gasteiger partial charge in [-0.1, -0.05) is 0 Å². The average Bonchev–Trinajstić information content (AvgIpc) is 2.89. The number of rotatable bonds is 4. The van der Waals surface area contributed by atoms with Gasteiger partial charge in [0.05, 0.1) is 30.5 Å². The van der Waals surface area contributed by atoms with E-state index in [1.807, 2.05) is 4.68 Å². The Morgan fingerprint density at radius 1 is 1.56 bits per heavy atom. The number of hydrogen-bond acceptors (Lipinski definition) is 4. The van der Waals surface area contributed by atoms with Crippen molar-refractivity contribution in [3.05, 3.63) is 18.0 Å². The number of carbonyl (C=O) groups is 1. The summed E-state index contributed by atoms with van der Waals surface area (Å²) in [4.78, 5) is 11.6. The Labute approximate surface area is 107 Å². The van der Waals surface area contributed by atoms with Crippen LogP contribution in [0.25, 0.3) is 0 Å². The molecule has 1 saturated carbocycles. The second-order valence-corrected chi connectivity index (χ2v) is 4.61. The fraction of sp³-hybridized carbons (Fsp3) is 0.692. The molecule has 0 saturated heterocycles. The first kappa shape index (κ1) is 13.1. The summed E-state index contributed by atoms with van der Waals surface area (Å²) in [6.07, 6.45) is 7.95. The van der Waals surface area contributed by atoms with Crippen LogP contribution in [0, 0.1) is 0 Å². The van der Waals surface area contributed by atoms with E-state index in [-0.39, 0.29) is 5.97 Å². The van der Waals surface area contributed by atoms with Gasteiger partial charge >= 0.3 is 5.97 Å². The van der Waals surface area contributed by atoms with Gasteiger partial charge in [-0.05, 0) is 32.6 Å². The zero-order valence-electron chi connectivity index (χ0n) is 11.0. The van der Waals surface area contributed by atoms with Gasteiger partial charge in [0, 0.05) is 13.3 Å². The molecular formula is C13H20N2O3. The zero-order chi connectivity index (χ0) is 13.0. The maximum Gasteiger partial charge on any atom is 0.341 e. The first-order valence-corrected chi connectivity index (χ1v) is 6.48. The van der Waals surface area contributed by atoms with Gasteiger partial charge in [0.2, 0.25) is 0 Å². The lowest BCUT2D eigenvalue weighted by Gasteiger charge is -2.28. The summed E-state index contributed by atoms with van der Waals surface area (Å²) in [5.74, 6) is -0.303. The Morgan fingerprint density at radius 3 is 3.11 bits per heavy atom. The highest BCUT2D eigenvalue weighted by Crippen LogP contribution is 2.29. The Morgan fingerprint density at radius 2 is 2.39 bits per heavy atom. The van der Waals surface area contributed by atoms with Crippen LogP contribution in [0.15, 0.2) is 12.4 Å². The first-order chi connectivity index (χ1) is 8.74. The van der Waals surface area contributed by atoms with Gasteiger partial charge in [0.1, 0.15) is 0 Å².